The Bertz CT molecular complexity index is 939. The average molecular weight is 545 g/mol. The van der Waals surface area contributed by atoms with E-state index in [1.54, 1.807) is 12.4 Å². The largest absolute Gasteiger partial charge is 0.431 e. The molecule has 0 unspecified atom stereocenters. The monoisotopic (exact) mass is 544 g/mol. The first-order valence-corrected chi connectivity index (χ1v) is 11.5. The quantitative estimate of drug-likeness (QED) is 0.170. The predicted molar refractivity (Wildman–Crippen MR) is 122 cm³/mol. The second-order valence-corrected chi connectivity index (χ2v) is 6.72. The highest BCUT2D eigenvalue weighted by Gasteiger charge is 2.00. The van der Waals surface area contributed by atoms with Gasteiger partial charge in [-0.05, 0) is 60.3 Å². The minimum Gasteiger partial charge on any atom is -0.431 e. The number of aromatic nitrogens is 2. The molecule has 4 heterocycles. The van der Waals surface area contributed by atoms with Crippen LogP contribution in [0.2, 0.25) is 0 Å². The SMILES string of the molecule is Brc1cc2cccnc2o1.C.CC.ISC#Cc1cc2cccnc2o1. The van der Waals surface area contributed by atoms with Gasteiger partial charge in [0.25, 0.3) is 0 Å². The molecule has 0 spiro atoms. The van der Waals surface area contributed by atoms with E-state index in [2.05, 4.69) is 58.3 Å². The molecule has 0 saturated heterocycles. The Kier molecular flexibility index (Phi) is 10.4. The maximum absolute atomic E-state index is 5.37. The van der Waals surface area contributed by atoms with E-state index in [1.807, 2.05) is 50.2 Å². The van der Waals surface area contributed by atoms with Crippen LogP contribution in [-0.4, -0.2) is 9.97 Å². The molecule has 26 heavy (non-hydrogen) atoms. The van der Waals surface area contributed by atoms with Crippen LogP contribution in [0.4, 0.5) is 0 Å². The molecule has 0 aromatic carbocycles. The second-order valence-electron chi connectivity index (χ2n) is 4.26. The topological polar surface area (TPSA) is 52.1 Å². The number of fused-ring (bicyclic) bond motifs is 2. The Morgan fingerprint density at radius 2 is 1.58 bits per heavy atom. The molecule has 4 aromatic rings. The molecule has 4 nitrogen and oxygen atoms in total. The first kappa shape index (κ1) is 22.5. The summed E-state index contributed by atoms with van der Waals surface area (Å²) in [6, 6.07) is 11.4. The molecule has 0 atom stereocenters. The Hall–Kier alpha value is -1.50. The fraction of sp³-hybridized carbons (Fsp3) is 0.158. The molecular formula is C19H18BrIN2O2S. The van der Waals surface area contributed by atoms with E-state index in [0.29, 0.717) is 17.2 Å². The van der Waals surface area contributed by atoms with Gasteiger partial charge in [-0.2, -0.15) is 0 Å². The van der Waals surface area contributed by atoms with Crippen LogP contribution in [0.3, 0.4) is 0 Å². The second kappa shape index (κ2) is 12.0. The van der Waals surface area contributed by atoms with E-state index < -0.39 is 0 Å². The van der Waals surface area contributed by atoms with Crippen LogP contribution in [0.25, 0.3) is 22.2 Å². The lowest BCUT2D eigenvalue weighted by Crippen LogP contribution is -1.66. The molecule has 4 rings (SSSR count). The summed E-state index contributed by atoms with van der Waals surface area (Å²) in [6.07, 6.45) is 3.41. The van der Waals surface area contributed by atoms with Crippen LogP contribution in [0, 0.1) is 11.2 Å². The van der Waals surface area contributed by atoms with Gasteiger partial charge in [-0.3, -0.25) is 0 Å². The van der Waals surface area contributed by atoms with Gasteiger partial charge in [0.2, 0.25) is 11.4 Å². The minimum absolute atomic E-state index is 0. The van der Waals surface area contributed by atoms with Gasteiger partial charge in [-0.25, -0.2) is 9.97 Å². The fourth-order valence-corrected chi connectivity index (χ4v) is 2.72. The maximum atomic E-state index is 5.37. The minimum atomic E-state index is 0. The zero-order chi connectivity index (χ0) is 18.1. The highest BCUT2D eigenvalue weighted by atomic mass is 127. The van der Waals surface area contributed by atoms with Crippen LogP contribution < -0.4 is 0 Å². The smallest absolute Gasteiger partial charge is 0.227 e. The van der Waals surface area contributed by atoms with Crippen LogP contribution in [0.1, 0.15) is 27.0 Å². The van der Waals surface area contributed by atoms with Crippen molar-refractivity contribution in [3.05, 3.63) is 59.2 Å². The zero-order valence-electron chi connectivity index (χ0n) is 13.5. The number of furan rings is 2. The Labute approximate surface area is 177 Å². The summed E-state index contributed by atoms with van der Waals surface area (Å²) in [6.45, 7) is 4.00. The summed E-state index contributed by atoms with van der Waals surface area (Å²) >= 11 is 5.34. The van der Waals surface area contributed by atoms with Crippen LogP contribution >= 0.6 is 46.1 Å². The van der Waals surface area contributed by atoms with Crippen molar-refractivity contribution >= 4 is 68.3 Å². The summed E-state index contributed by atoms with van der Waals surface area (Å²) < 4.78 is 11.3. The number of rotatable bonds is 0. The summed E-state index contributed by atoms with van der Waals surface area (Å²) in [7, 11) is 1.43. The van der Waals surface area contributed by atoms with E-state index in [4.69, 9.17) is 8.83 Å². The summed E-state index contributed by atoms with van der Waals surface area (Å²) in [5.74, 6) is 3.55. The van der Waals surface area contributed by atoms with Gasteiger partial charge < -0.3 is 8.83 Å². The number of hydrogen-bond donors (Lipinski definition) is 0. The van der Waals surface area contributed by atoms with Gasteiger partial charge in [0, 0.05) is 56.5 Å². The maximum Gasteiger partial charge on any atom is 0.227 e. The summed E-state index contributed by atoms with van der Waals surface area (Å²) in [4.78, 5) is 8.07. The molecule has 0 amide bonds. The van der Waals surface area contributed by atoms with Gasteiger partial charge in [0.05, 0.1) is 0 Å². The first-order valence-electron chi connectivity index (χ1n) is 7.39. The lowest BCUT2D eigenvalue weighted by atomic mass is 10.3. The Morgan fingerprint density at radius 3 is 2.12 bits per heavy atom. The fourth-order valence-electron chi connectivity index (χ4n) is 1.85. The molecule has 0 saturated carbocycles. The van der Waals surface area contributed by atoms with Crippen molar-refractivity contribution in [2.45, 2.75) is 21.3 Å². The van der Waals surface area contributed by atoms with Crippen molar-refractivity contribution in [3.63, 3.8) is 0 Å². The van der Waals surface area contributed by atoms with Crippen molar-refractivity contribution in [2.75, 3.05) is 0 Å². The van der Waals surface area contributed by atoms with Gasteiger partial charge >= 0.3 is 0 Å². The Morgan fingerprint density at radius 1 is 1.00 bits per heavy atom. The van der Waals surface area contributed by atoms with Gasteiger partial charge in [-0.1, -0.05) is 21.3 Å². The molecule has 0 aliphatic carbocycles. The molecule has 0 N–H and O–H groups in total. The van der Waals surface area contributed by atoms with E-state index in [0.717, 1.165) is 15.4 Å². The van der Waals surface area contributed by atoms with Crippen molar-refractivity contribution < 1.29 is 8.83 Å². The van der Waals surface area contributed by atoms with Gasteiger partial charge in [0.15, 0.2) is 10.4 Å². The predicted octanol–water partition coefficient (Wildman–Crippen LogP) is 7.47. The molecule has 136 valence electrons. The normalized spacial score (nSPS) is 9.08. The third-order valence-corrected chi connectivity index (χ3v) is 4.00. The van der Waals surface area contributed by atoms with Gasteiger partial charge in [-0.15, -0.1) is 0 Å². The molecule has 0 bridgehead atoms. The van der Waals surface area contributed by atoms with Crippen molar-refractivity contribution in [1.82, 2.24) is 9.97 Å². The third kappa shape index (κ3) is 6.34. The molecule has 7 heteroatoms. The standard InChI is InChI=1S/C9H4INOS.C7H4BrNO.C2H6.CH4/c10-13-5-3-8-6-7-2-1-4-11-9(7)12-8;8-6-4-5-2-1-3-9-7(5)10-6;1-2;/h1-2,4,6H;1-4H;1-2H3;1H4. The highest BCUT2D eigenvalue weighted by Crippen LogP contribution is 2.20. The number of nitrogens with zero attached hydrogens (tertiary/aromatic N) is 2. The van der Waals surface area contributed by atoms with Crippen molar-refractivity contribution in [1.29, 1.82) is 0 Å². The molecule has 0 aliphatic heterocycles. The lowest BCUT2D eigenvalue weighted by Gasteiger charge is -1.81. The van der Waals surface area contributed by atoms with Crippen molar-refractivity contribution in [3.8, 4) is 11.2 Å². The van der Waals surface area contributed by atoms with E-state index in [9.17, 15) is 0 Å². The number of hydrogen-bond acceptors (Lipinski definition) is 5. The summed E-state index contributed by atoms with van der Waals surface area (Å²) in [5, 5.41) is 4.87. The Balaban J connectivity index is 0.000000235. The van der Waals surface area contributed by atoms with E-state index >= 15 is 0 Å². The van der Waals surface area contributed by atoms with Crippen molar-refractivity contribution in [2.24, 2.45) is 0 Å². The first-order chi connectivity index (χ1) is 12.3. The average Bonchev–Trinajstić information content (AvgIpc) is 3.23. The summed E-state index contributed by atoms with van der Waals surface area (Å²) in [5.41, 5.74) is 1.32. The zero-order valence-corrected chi connectivity index (χ0v) is 18.1. The van der Waals surface area contributed by atoms with Crippen LogP contribution in [-0.2, 0) is 0 Å². The highest BCUT2D eigenvalue weighted by molar-refractivity contribution is 14.2. The molecule has 0 aliphatic rings. The number of pyridine rings is 2. The third-order valence-electron chi connectivity index (χ3n) is 2.77. The van der Waals surface area contributed by atoms with E-state index in [1.165, 1.54) is 8.93 Å². The molecule has 0 fully saturated rings. The number of halogens is 2. The molecule has 0 radical (unpaired) electrons. The van der Waals surface area contributed by atoms with E-state index in [-0.39, 0.29) is 7.43 Å². The molecular weight excluding hydrogens is 527 g/mol. The van der Waals surface area contributed by atoms with Crippen LogP contribution in [0.15, 0.2) is 62.3 Å². The van der Waals surface area contributed by atoms with Gasteiger partial charge in [0.1, 0.15) is 0 Å². The molecule has 4 aromatic heterocycles. The lowest BCUT2D eigenvalue weighted by molar-refractivity contribution is 0.576. The van der Waals surface area contributed by atoms with Crippen LogP contribution in [0.5, 0.6) is 0 Å².